The van der Waals surface area contributed by atoms with Gasteiger partial charge in [0, 0.05) is 16.4 Å². The zero-order chi connectivity index (χ0) is 15.7. The third-order valence-electron chi connectivity index (χ3n) is 4.63. The van der Waals surface area contributed by atoms with E-state index in [1.807, 2.05) is 5.38 Å². The maximum atomic E-state index is 13.4. The lowest BCUT2D eigenvalue weighted by Crippen LogP contribution is -2.38. The highest BCUT2D eigenvalue weighted by atomic mass is 32.1. The topological polar surface area (TPSA) is 24.9 Å². The third-order valence-corrected chi connectivity index (χ3v) is 5.81. The van der Waals surface area contributed by atoms with Crippen molar-refractivity contribution in [2.24, 2.45) is 5.92 Å². The summed E-state index contributed by atoms with van der Waals surface area (Å²) in [6, 6.07) is 3.95. The number of benzene rings is 1. The molecule has 0 amide bonds. The van der Waals surface area contributed by atoms with Crippen molar-refractivity contribution in [2.75, 3.05) is 13.1 Å². The van der Waals surface area contributed by atoms with Crippen LogP contribution in [-0.4, -0.2) is 18.1 Å². The van der Waals surface area contributed by atoms with Crippen molar-refractivity contribution in [3.05, 3.63) is 40.2 Å². The summed E-state index contributed by atoms with van der Waals surface area (Å²) in [5, 5.41) is 6.39. The van der Waals surface area contributed by atoms with Gasteiger partial charge in [-0.15, -0.1) is 11.3 Å². The summed E-state index contributed by atoms with van der Waals surface area (Å²) in [5.41, 5.74) is 1.35. The van der Waals surface area contributed by atoms with Gasteiger partial charge in [-0.05, 0) is 50.0 Å². The Morgan fingerprint density at radius 1 is 1.18 bits per heavy atom. The second-order valence-corrected chi connectivity index (χ2v) is 7.27. The van der Waals surface area contributed by atoms with Crippen molar-refractivity contribution in [3.8, 4) is 11.3 Å². The van der Waals surface area contributed by atoms with Gasteiger partial charge < -0.3 is 5.32 Å². The summed E-state index contributed by atoms with van der Waals surface area (Å²) in [7, 11) is 0. The lowest BCUT2D eigenvalue weighted by molar-refractivity contribution is 0.246. The molecule has 1 N–H and O–H groups in total. The van der Waals surface area contributed by atoms with Crippen molar-refractivity contribution in [2.45, 2.75) is 32.1 Å². The Morgan fingerprint density at radius 2 is 1.91 bits per heavy atom. The highest BCUT2D eigenvalue weighted by molar-refractivity contribution is 7.10. The van der Waals surface area contributed by atoms with Gasteiger partial charge in [0.1, 0.15) is 0 Å². The summed E-state index contributed by atoms with van der Waals surface area (Å²) in [6.45, 7) is 6.57. The molecule has 2 heterocycles. The van der Waals surface area contributed by atoms with Crippen LogP contribution >= 0.6 is 11.3 Å². The second kappa shape index (κ2) is 6.05. The molecular weight excluding hydrogens is 302 g/mol. The molecule has 22 heavy (non-hydrogen) atoms. The number of hydrogen-bond donors (Lipinski definition) is 1. The molecule has 1 fully saturated rings. The zero-order valence-electron chi connectivity index (χ0n) is 12.8. The first-order valence-electron chi connectivity index (χ1n) is 7.60. The van der Waals surface area contributed by atoms with E-state index in [-0.39, 0.29) is 5.41 Å². The molecule has 1 aromatic heterocycles. The van der Waals surface area contributed by atoms with Gasteiger partial charge in [-0.2, -0.15) is 0 Å². The Bertz CT molecular complexity index is 660. The van der Waals surface area contributed by atoms with Crippen LogP contribution in [-0.2, 0) is 5.41 Å². The van der Waals surface area contributed by atoms with Gasteiger partial charge in [0.15, 0.2) is 11.6 Å². The Balaban J connectivity index is 1.87. The molecule has 2 nitrogen and oxygen atoms in total. The van der Waals surface area contributed by atoms with Crippen LogP contribution in [0.3, 0.4) is 0 Å². The minimum absolute atomic E-state index is 0.00356. The minimum Gasteiger partial charge on any atom is -0.317 e. The first-order chi connectivity index (χ1) is 10.5. The van der Waals surface area contributed by atoms with E-state index in [4.69, 9.17) is 4.98 Å². The molecule has 1 aromatic carbocycles. The second-order valence-electron chi connectivity index (χ2n) is 6.41. The molecular formula is C17H20F2N2S. The quantitative estimate of drug-likeness (QED) is 0.908. The summed E-state index contributed by atoms with van der Waals surface area (Å²) in [5.74, 6) is -1.06. The number of rotatable bonds is 3. The molecule has 5 heteroatoms. The first-order valence-corrected chi connectivity index (χ1v) is 8.48. The van der Waals surface area contributed by atoms with Gasteiger partial charge in [-0.3, -0.25) is 0 Å². The van der Waals surface area contributed by atoms with Crippen LogP contribution in [0.5, 0.6) is 0 Å². The van der Waals surface area contributed by atoms with E-state index in [0.29, 0.717) is 11.5 Å². The minimum atomic E-state index is -0.829. The molecule has 0 bridgehead atoms. The molecule has 2 aromatic rings. The fourth-order valence-corrected chi connectivity index (χ4v) is 4.11. The van der Waals surface area contributed by atoms with E-state index in [1.165, 1.54) is 6.07 Å². The van der Waals surface area contributed by atoms with Crippen molar-refractivity contribution in [1.29, 1.82) is 0 Å². The molecule has 1 aliphatic heterocycles. The SMILES string of the molecule is CC(C)(c1nc(-c2ccc(F)c(F)c2)cs1)C1CCNCC1. The molecule has 0 spiro atoms. The van der Waals surface area contributed by atoms with Crippen molar-refractivity contribution in [3.63, 3.8) is 0 Å². The fraction of sp³-hybridized carbons (Fsp3) is 0.471. The van der Waals surface area contributed by atoms with Crippen molar-refractivity contribution < 1.29 is 8.78 Å². The largest absolute Gasteiger partial charge is 0.317 e. The number of nitrogens with zero attached hydrogens (tertiary/aromatic N) is 1. The van der Waals surface area contributed by atoms with Gasteiger partial charge in [-0.1, -0.05) is 13.8 Å². The molecule has 1 aliphatic rings. The van der Waals surface area contributed by atoms with Crippen LogP contribution in [0.4, 0.5) is 8.78 Å². The van der Waals surface area contributed by atoms with Crippen LogP contribution in [0.1, 0.15) is 31.7 Å². The zero-order valence-corrected chi connectivity index (χ0v) is 13.6. The average Bonchev–Trinajstić information content (AvgIpc) is 3.01. The highest BCUT2D eigenvalue weighted by Crippen LogP contribution is 2.39. The number of thiazole rings is 1. The number of halogens is 2. The predicted octanol–water partition coefficient (Wildman–Crippen LogP) is 4.37. The third kappa shape index (κ3) is 2.92. The van der Waals surface area contributed by atoms with E-state index in [9.17, 15) is 8.78 Å². The normalized spacial score (nSPS) is 16.9. The maximum absolute atomic E-state index is 13.4. The Kier molecular flexibility index (Phi) is 4.28. The van der Waals surface area contributed by atoms with E-state index >= 15 is 0 Å². The van der Waals surface area contributed by atoms with Gasteiger partial charge in [0.2, 0.25) is 0 Å². The van der Waals surface area contributed by atoms with E-state index in [0.717, 1.165) is 42.7 Å². The lowest BCUT2D eigenvalue weighted by Gasteiger charge is -2.35. The lowest BCUT2D eigenvalue weighted by atomic mass is 9.74. The summed E-state index contributed by atoms with van der Waals surface area (Å²) in [4.78, 5) is 4.71. The standard InChI is InChI=1S/C17H20F2N2S/c1-17(2,12-5-7-20-8-6-12)16-21-15(10-22-16)11-3-4-13(18)14(19)9-11/h3-4,9-10,12,20H,5-8H2,1-2H3. The average molecular weight is 322 g/mol. The van der Waals surface area contributed by atoms with E-state index in [2.05, 4.69) is 19.2 Å². The maximum Gasteiger partial charge on any atom is 0.159 e. The molecule has 0 aliphatic carbocycles. The molecule has 0 radical (unpaired) electrons. The Labute approximate surface area is 133 Å². The van der Waals surface area contributed by atoms with Gasteiger partial charge in [-0.25, -0.2) is 13.8 Å². The predicted molar refractivity (Wildman–Crippen MR) is 86.1 cm³/mol. The Hall–Kier alpha value is -1.33. The van der Waals surface area contributed by atoms with Crippen molar-refractivity contribution in [1.82, 2.24) is 10.3 Å². The van der Waals surface area contributed by atoms with Crippen LogP contribution in [0, 0.1) is 17.6 Å². The summed E-state index contributed by atoms with van der Waals surface area (Å²) < 4.78 is 26.4. The van der Waals surface area contributed by atoms with E-state index < -0.39 is 11.6 Å². The van der Waals surface area contributed by atoms with Crippen LogP contribution in [0.2, 0.25) is 0 Å². The van der Waals surface area contributed by atoms with E-state index in [1.54, 1.807) is 17.4 Å². The first kappa shape index (κ1) is 15.6. The molecule has 118 valence electrons. The summed E-state index contributed by atoms with van der Waals surface area (Å²) >= 11 is 1.61. The number of aromatic nitrogens is 1. The molecule has 1 saturated heterocycles. The number of hydrogen-bond acceptors (Lipinski definition) is 3. The molecule has 3 rings (SSSR count). The monoisotopic (exact) mass is 322 g/mol. The fourth-order valence-electron chi connectivity index (χ4n) is 3.08. The molecule has 0 saturated carbocycles. The van der Waals surface area contributed by atoms with Gasteiger partial charge in [0.05, 0.1) is 10.7 Å². The van der Waals surface area contributed by atoms with Gasteiger partial charge in [0.25, 0.3) is 0 Å². The molecule has 0 unspecified atom stereocenters. The highest BCUT2D eigenvalue weighted by Gasteiger charge is 2.34. The van der Waals surface area contributed by atoms with Crippen LogP contribution < -0.4 is 5.32 Å². The number of nitrogens with one attached hydrogen (secondary N) is 1. The molecule has 0 atom stereocenters. The van der Waals surface area contributed by atoms with Crippen LogP contribution in [0.25, 0.3) is 11.3 Å². The van der Waals surface area contributed by atoms with Crippen molar-refractivity contribution >= 4 is 11.3 Å². The van der Waals surface area contributed by atoms with Gasteiger partial charge >= 0.3 is 0 Å². The van der Waals surface area contributed by atoms with Crippen LogP contribution in [0.15, 0.2) is 23.6 Å². The smallest absolute Gasteiger partial charge is 0.159 e. The number of piperidine rings is 1. The Morgan fingerprint density at radius 3 is 2.59 bits per heavy atom. The summed E-state index contributed by atoms with van der Waals surface area (Å²) in [6.07, 6.45) is 2.29.